The third-order valence-corrected chi connectivity index (χ3v) is 4.61. The van der Waals surface area contributed by atoms with E-state index in [2.05, 4.69) is 53.4 Å². The van der Waals surface area contributed by atoms with Crippen molar-refractivity contribution in [1.82, 2.24) is 20.7 Å². The topological polar surface area (TPSA) is 65.7 Å². The van der Waals surface area contributed by atoms with Crippen molar-refractivity contribution in [1.29, 1.82) is 0 Å². The summed E-state index contributed by atoms with van der Waals surface area (Å²) < 4.78 is 5.36. The zero-order valence-electron chi connectivity index (χ0n) is 16.9. The molecule has 0 bridgehead atoms. The molecule has 1 aliphatic heterocycles. The third-order valence-electron chi connectivity index (χ3n) is 4.61. The Morgan fingerprint density at radius 2 is 2.12 bits per heavy atom. The fraction of sp³-hybridized carbons (Fsp3) is 0.789. The maximum atomic E-state index is 5.36. The molecule has 1 atom stereocenters. The Bertz CT molecular complexity index is 544. The number of halogens is 1. The van der Waals surface area contributed by atoms with Crippen molar-refractivity contribution in [3.63, 3.8) is 0 Å². The second-order valence-corrected chi connectivity index (χ2v) is 7.84. The maximum absolute atomic E-state index is 5.36. The van der Waals surface area contributed by atoms with Gasteiger partial charge in [-0.15, -0.1) is 24.0 Å². The molecule has 2 rings (SSSR count). The van der Waals surface area contributed by atoms with Crippen LogP contribution in [0, 0.1) is 11.8 Å². The molecule has 150 valence electrons. The zero-order chi connectivity index (χ0) is 18.2. The van der Waals surface area contributed by atoms with Crippen LogP contribution >= 0.6 is 24.0 Å². The number of hydrogen-bond donors (Lipinski definition) is 2. The van der Waals surface area contributed by atoms with Gasteiger partial charge < -0.3 is 20.1 Å². The quantitative estimate of drug-likeness (QED) is 0.358. The van der Waals surface area contributed by atoms with Crippen molar-refractivity contribution in [2.75, 3.05) is 33.2 Å². The van der Waals surface area contributed by atoms with E-state index in [9.17, 15) is 0 Å². The Morgan fingerprint density at radius 1 is 1.35 bits per heavy atom. The minimum absolute atomic E-state index is 0. The van der Waals surface area contributed by atoms with Crippen LogP contribution in [-0.2, 0) is 6.54 Å². The molecule has 0 amide bonds. The van der Waals surface area contributed by atoms with Crippen LogP contribution < -0.4 is 10.6 Å². The number of nitrogens with zero attached hydrogens (tertiary/aromatic N) is 3. The molecule has 0 saturated carbocycles. The molecule has 1 aromatic heterocycles. The summed E-state index contributed by atoms with van der Waals surface area (Å²) in [6.07, 6.45) is 2.58. The SMILES string of the molecule is CN=C(NCc1cc(C(C)C)no1)NCC1CCCN(CC(C)C)C1.I. The molecule has 1 aromatic rings. The number of rotatable bonds is 7. The summed E-state index contributed by atoms with van der Waals surface area (Å²) in [6.45, 7) is 14.0. The molecule has 26 heavy (non-hydrogen) atoms. The molecule has 0 spiro atoms. The Kier molecular flexibility index (Phi) is 10.5. The van der Waals surface area contributed by atoms with Gasteiger partial charge in [-0.1, -0.05) is 32.9 Å². The van der Waals surface area contributed by atoms with E-state index in [4.69, 9.17) is 4.52 Å². The van der Waals surface area contributed by atoms with Crippen LogP contribution in [0.3, 0.4) is 0 Å². The normalized spacial score (nSPS) is 18.9. The van der Waals surface area contributed by atoms with Crippen LogP contribution in [-0.4, -0.2) is 49.2 Å². The second kappa shape index (κ2) is 11.8. The summed E-state index contributed by atoms with van der Waals surface area (Å²) in [4.78, 5) is 6.91. The Hall–Kier alpha value is -0.830. The van der Waals surface area contributed by atoms with Crippen molar-refractivity contribution >= 4 is 29.9 Å². The van der Waals surface area contributed by atoms with Gasteiger partial charge in [-0.2, -0.15) is 0 Å². The Morgan fingerprint density at radius 3 is 2.73 bits per heavy atom. The van der Waals surface area contributed by atoms with Crippen molar-refractivity contribution < 1.29 is 4.52 Å². The van der Waals surface area contributed by atoms with Crippen LogP contribution in [0.4, 0.5) is 0 Å². The van der Waals surface area contributed by atoms with Gasteiger partial charge in [0, 0.05) is 32.7 Å². The smallest absolute Gasteiger partial charge is 0.191 e. The van der Waals surface area contributed by atoms with E-state index in [0.29, 0.717) is 18.4 Å². The standard InChI is InChI=1S/C19H35N5O.HI/c1-14(2)12-24-8-6-7-16(13-24)10-21-19(20-5)22-11-17-9-18(15(3)4)23-25-17;/h9,14-16H,6-8,10-13H2,1-5H3,(H2,20,21,22);1H. The minimum atomic E-state index is 0. The molecule has 0 aromatic carbocycles. The molecule has 0 radical (unpaired) electrons. The molecule has 6 nitrogen and oxygen atoms in total. The molecule has 1 saturated heterocycles. The average molecular weight is 477 g/mol. The van der Waals surface area contributed by atoms with E-state index < -0.39 is 0 Å². The van der Waals surface area contributed by atoms with Gasteiger partial charge in [-0.05, 0) is 37.1 Å². The van der Waals surface area contributed by atoms with Gasteiger partial charge in [0.25, 0.3) is 0 Å². The molecule has 2 heterocycles. The number of likely N-dealkylation sites (tertiary alicyclic amines) is 1. The van der Waals surface area contributed by atoms with E-state index >= 15 is 0 Å². The van der Waals surface area contributed by atoms with E-state index in [1.807, 2.05) is 6.07 Å². The van der Waals surface area contributed by atoms with Crippen LogP contribution in [0.25, 0.3) is 0 Å². The highest BCUT2D eigenvalue weighted by Gasteiger charge is 2.20. The number of piperidine rings is 1. The first-order valence-electron chi connectivity index (χ1n) is 9.60. The highest BCUT2D eigenvalue weighted by Crippen LogP contribution is 2.17. The van der Waals surface area contributed by atoms with Crippen LogP contribution in [0.5, 0.6) is 0 Å². The lowest BCUT2D eigenvalue weighted by Gasteiger charge is -2.34. The van der Waals surface area contributed by atoms with Crippen LogP contribution in [0.2, 0.25) is 0 Å². The number of aromatic nitrogens is 1. The predicted octanol–water partition coefficient (Wildman–Crippen LogP) is 3.45. The van der Waals surface area contributed by atoms with Crippen LogP contribution in [0.15, 0.2) is 15.6 Å². The maximum Gasteiger partial charge on any atom is 0.191 e. The van der Waals surface area contributed by atoms with Crippen molar-refractivity contribution in [3.8, 4) is 0 Å². The first kappa shape index (κ1) is 23.2. The van der Waals surface area contributed by atoms with Gasteiger partial charge in [0.15, 0.2) is 11.7 Å². The molecule has 1 aliphatic rings. The lowest BCUT2D eigenvalue weighted by Crippen LogP contribution is -2.44. The molecule has 7 heteroatoms. The van der Waals surface area contributed by atoms with Gasteiger partial charge in [-0.25, -0.2) is 0 Å². The second-order valence-electron chi connectivity index (χ2n) is 7.84. The van der Waals surface area contributed by atoms with E-state index in [1.165, 1.54) is 32.5 Å². The summed E-state index contributed by atoms with van der Waals surface area (Å²) in [5.41, 5.74) is 0.993. The summed E-state index contributed by atoms with van der Waals surface area (Å²) in [7, 11) is 1.81. The lowest BCUT2D eigenvalue weighted by molar-refractivity contribution is 0.159. The molecule has 0 aliphatic carbocycles. The average Bonchev–Trinajstić information content (AvgIpc) is 3.04. The van der Waals surface area contributed by atoms with Gasteiger partial charge in [-0.3, -0.25) is 4.99 Å². The minimum Gasteiger partial charge on any atom is -0.359 e. The highest BCUT2D eigenvalue weighted by molar-refractivity contribution is 14.0. The van der Waals surface area contributed by atoms with E-state index in [-0.39, 0.29) is 24.0 Å². The number of aliphatic imine (C=N–C) groups is 1. The third kappa shape index (κ3) is 7.82. The number of nitrogens with one attached hydrogen (secondary N) is 2. The van der Waals surface area contributed by atoms with Gasteiger partial charge in [0.1, 0.15) is 0 Å². The first-order valence-corrected chi connectivity index (χ1v) is 9.60. The monoisotopic (exact) mass is 477 g/mol. The van der Waals surface area contributed by atoms with Gasteiger partial charge >= 0.3 is 0 Å². The predicted molar refractivity (Wildman–Crippen MR) is 118 cm³/mol. The zero-order valence-corrected chi connectivity index (χ0v) is 19.2. The highest BCUT2D eigenvalue weighted by atomic mass is 127. The van der Waals surface area contributed by atoms with E-state index in [1.54, 1.807) is 7.05 Å². The van der Waals surface area contributed by atoms with Crippen LogP contribution in [0.1, 0.15) is 57.9 Å². The molecular weight excluding hydrogens is 441 g/mol. The fourth-order valence-corrected chi connectivity index (χ4v) is 3.32. The fourth-order valence-electron chi connectivity index (χ4n) is 3.32. The molecule has 2 N–H and O–H groups in total. The largest absolute Gasteiger partial charge is 0.359 e. The lowest BCUT2D eigenvalue weighted by atomic mass is 9.97. The summed E-state index contributed by atoms with van der Waals surface area (Å²) in [5, 5.41) is 10.9. The first-order chi connectivity index (χ1) is 12.0. The van der Waals surface area contributed by atoms with Crippen molar-refractivity contribution in [2.45, 2.75) is 53.0 Å². The molecular formula is C19H36IN5O. The summed E-state index contributed by atoms with van der Waals surface area (Å²) in [6, 6.07) is 2.01. The molecule has 1 unspecified atom stereocenters. The van der Waals surface area contributed by atoms with E-state index in [0.717, 1.165) is 29.9 Å². The van der Waals surface area contributed by atoms with Gasteiger partial charge in [0.2, 0.25) is 0 Å². The summed E-state index contributed by atoms with van der Waals surface area (Å²) in [5.74, 6) is 3.47. The summed E-state index contributed by atoms with van der Waals surface area (Å²) >= 11 is 0. The Balaban J connectivity index is 0.00000338. The molecule has 1 fully saturated rings. The number of guanidine groups is 1. The van der Waals surface area contributed by atoms with Crippen molar-refractivity contribution in [3.05, 3.63) is 17.5 Å². The number of hydrogen-bond acceptors (Lipinski definition) is 4. The van der Waals surface area contributed by atoms with Gasteiger partial charge in [0.05, 0.1) is 12.2 Å². The Labute approximate surface area is 175 Å². The van der Waals surface area contributed by atoms with Crippen molar-refractivity contribution in [2.24, 2.45) is 16.8 Å².